The molecule has 0 aliphatic heterocycles. The average molecular weight is 144 g/mol. The molecule has 0 aliphatic rings. The quantitative estimate of drug-likeness (QED) is 0.558. The average Bonchev–Trinajstić information content (AvgIpc) is 1.95. The van der Waals surface area contributed by atoms with Gasteiger partial charge in [-0.15, -0.1) is 0 Å². The van der Waals surface area contributed by atoms with E-state index < -0.39 is 7.26 Å². The topological polar surface area (TPSA) is 23.8 Å². The molecule has 0 saturated carbocycles. The minimum absolute atomic E-state index is 1.09. The highest BCUT2D eigenvalue weighted by Gasteiger charge is 2.31. The summed E-state index contributed by atoms with van der Waals surface area (Å²) in [5.41, 5.74) is 0. The smallest absolute Gasteiger partial charge is 0.152 e. The second-order valence-electron chi connectivity index (χ2n) is 2.19. The Morgan fingerprint density at radius 2 is 1.44 bits per heavy atom. The Hall–Kier alpha value is -0.0800. The SMILES string of the molecule is CC[P+](C#N)(CC)CC. The number of nitriles is 1. The fourth-order valence-electron chi connectivity index (χ4n) is 0.883. The molecular weight excluding hydrogens is 129 g/mol. The Bertz CT molecular complexity index is 102. The molecule has 0 radical (unpaired) electrons. The molecule has 0 aliphatic carbocycles. The summed E-state index contributed by atoms with van der Waals surface area (Å²) in [5.74, 6) is 2.48. The number of hydrogen-bond donors (Lipinski definition) is 0. The van der Waals surface area contributed by atoms with Crippen molar-refractivity contribution in [3.05, 3.63) is 0 Å². The van der Waals surface area contributed by atoms with Crippen LogP contribution in [0.3, 0.4) is 0 Å². The Kier molecular flexibility index (Phi) is 3.82. The molecule has 9 heavy (non-hydrogen) atoms. The van der Waals surface area contributed by atoms with Crippen LogP contribution >= 0.6 is 7.26 Å². The van der Waals surface area contributed by atoms with E-state index in [1.807, 2.05) is 0 Å². The van der Waals surface area contributed by atoms with Gasteiger partial charge in [0.2, 0.25) is 5.81 Å². The maximum Gasteiger partial charge on any atom is 0.238 e. The van der Waals surface area contributed by atoms with Gasteiger partial charge in [0.15, 0.2) is 0 Å². The molecule has 0 aromatic heterocycles. The molecule has 52 valence electrons. The standard InChI is InChI=1S/C7H15NP/c1-4-9(5-2,6-3)7-8/h4-6H2,1-3H3/q+1. The first kappa shape index (κ1) is 8.92. The molecule has 0 aromatic carbocycles. The lowest BCUT2D eigenvalue weighted by Crippen LogP contribution is -1.98. The lowest BCUT2D eigenvalue weighted by molar-refractivity contribution is 1.32. The zero-order chi connectivity index (χ0) is 7.33. The molecule has 0 bridgehead atoms. The predicted molar refractivity (Wildman–Crippen MR) is 44.2 cm³/mol. The molecular formula is C7H15NP+. The zero-order valence-electron chi connectivity index (χ0n) is 6.52. The Morgan fingerprint density at radius 1 is 1.11 bits per heavy atom. The van der Waals surface area contributed by atoms with Gasteiger partial charge in [-0.05, 0) is 20.8 Å². The Labute approximate surface area is 58.4 Å². The molecule has 0 N–H and O–H groups in total. The van der Waals surface area contributed by atoms with Crippen molar-refractivity contribution in [3.8, 4) is 5.81 Å². The second-order valence-corrected chi connectivity index (χ2v) is 6.58. The van der Waals surface area contributed by atoms with Crippen LogP contribution in [0.5, 0.6) is 0 Å². The highest BCUT2D eigenvalue weighted by atomic mass is 31.2. The van der Waals surface area contributed by atoms with Gasteiger partial charge in [-0.3, -0.25) is 0 Å². The van der Waals surface area contributed by atoms with Crippen LogP contribution in [0.25, 0.3) is 0 Å². The van der Waals surface area contributed by atoms with Crippen LogP contribution in [-0.2, 0) is 0 Å². The maximum absolute atomic E-state index is 8.78. The second kappa shape index (κ2) is 3.85. The fourth-order valence-corrected chi connectivity index (χ4v) is 2.65. The van der Waals surface area contributed by atoms with Gasteiger partial charge in [0, 0.05) is 0 Å². The van der Waals surface area contributed by atoms with E-state index in [9.17, 15) is 0 Å². The van der Waals surface area contributed by atoms with Crippen molar-refractivity contribution < 1.29 is 0 Å². The van der Waals surface area contributed by atoms with E-state index >= 15 is 0 Å². The van der Waals surface area contributed by atoms with Gasteiger partial charge in [0.25, 0.3) is 0 Å². The van der Waals surface area contributed by atoms with E-state index in [4.69, 9.17) is 5.26 Å². The van der Waals surface area contributed by atoms with Crippen LogP contribution in [0.15, 0.2) is 0 Å². The Balaban J connectivity index is 4.04. The monoisotopic (exact) mass is 144 g/mol. The van der Waals surface area contributed by atoms with Gasteiger partial charge in [-0.25, -0.2) is 0 Å². The fraction of sp³-hybridized carbons (Fsp3) is 0.857. The van der Waals surface area contributed by atoms with Crippen LogP contribution in [0.2, 0.25) is 0 Å². The van der Waals surface area contributed by atoms with E-state index in [0.717, 1.165) is 18.5 Å². The molecule has 0 atom stereocenters. The van der Waals surface area contributed by atoms with E-state index in [1.54, 1.807) is 0 Å². The van der Waals surface area contributed by atoms with Gasteiger partial charge in [-0.1, -0.05) is 0 Å². The highest BCUT2D eigenvalue weighted by Crippen LogP contribution is 2.56. The summed E-state index contributed by atoms with van der Waals surface area (Å²) >= 11 is 0. The van der Waals surface area contributed by atoms with Crippen LogP contribution in [-0.4, -0.2) is 18.5 Å². The van der Waals surface area contributed by atoms with E-state index in [2.05, 4.69) is 26.6 Å². The summed E-state index contributed by atoms with van der Waals surface area (Å²) in [7, 11) is -1.11. The van der Waals surface area contributed by atoms with E-state index in [-0.39, 0.29) is 0 Å². The van der Waals surface area contributed by atoms with E-state index in [0.29, 0.717) is 0 Å². The van der Waals surface area contributed by atoms with Gasteiger partial charge in [-0.2, -0.15) is 5.26 Å². The molecule has 0 spiro atoms. The summed E-state index contributed by atoms with van der Waals surface area (Å²) < 4.78 is 0. The molecule has 0 heterocycles. The van der Waals surface area contributed by atoms with Crippen LogP contribution < -0.4 is 0 Å². The Morgan fingerprint density at radius 3 is 1.44 bits per heavy atom. The van der Waals surface area contributed by atoms with Crippen molar-refractivity contribution in [1.82, 2.24) is 0 Å². The van der Waals surface area contributed by atoms with E-state index in [1.165, 1.54) is 0 Å². The van der Waals surface area contributed by atoms with Crippen LogP contribution in [0, 0.1) is 11.1 Å². The molecule has 0 amide bonds. The van der Waals surface area contributed by atoms with Gasteiger partial charge < -0.3 is 0 Å². The first-order valence-electron chi connectivity index (χ1n) is 3.52. The van der Waals surface area contributed by atoms with Gasteiger partial charge in [0.1, 0.15) is 7.26 Å². The lowest BCUT2D eigenvalue weighted by Gasteiger charge is -2.11. The van der Waals surface area contributed by atoms with Crippen LogP contribution in [0.4, 0.5) is 0 Å². The zero-order valence-corrected chi connectivity index (χ0v) is 7.41. The van der Waals surface area contributed by atoms with Crippen molar-refractivity contribution in [2.75, 3.05) is 18.5 Å². The first-order chi connectivity index (χ1) is 4.24. The molecule has 0 saturated heterocycles. The van der Waals surface area contributed by atoms with Crippen molar-refractivity contribution in [2.24, 2.45) is 0 Å². The summed E-state index contributed by atoms with van der Waals surface area (Å²) in [6.07, 6.45) is 3.28. The third-order valence-electron chi connectivity index (χ3n) is 2.03. The summed E-state index contributed by atoms with van der Waals surface area (Å²) in [5, 5.41) is 8.78. The third kappa shape index (κ3) is 1.95. The number of hydrogen-bond acceptors (Lipinski definition) is 1. The number of nitrogens with zero attached hydrogens (tertiary/aromatic N) is 1. The van der Waals surface area contributed by atoms with Crippen molar-refractivity contribution in [2.45, 2.75) is 20.8 Å². The molecule has 0 unspecified atom stereocenters. The maximum atomic E-state index is 8.78. The molecule has 0 aromatic rings. The van der Waals surface area contributed by atoms with Crippen molar-refractivity contribution >= 4 is 7.26 Å². The summed E-state index contributed by atoms with van der Waals surface area (Å²) in [6.45, 7) is 6.39. The molecule has 0 fully saturated rings. The largest absolute Gasteiger partial charge is 0.238 e. The van der Waals surface area contributed by atoms with Crippen molar-refractivity contribution in [3.63, 3.8) is 0 Å². The molecule has 2 heteroatoms. The van der Waals surface area contributed by atoms with Gasteiger partial charge >= 0.3 is 0 Å². The first-order valence-corrected chi connectivity index (χ1v) is 5.86. The van der Waals surface area contributed by atoms with Gasteiger partial charge in [0.05, 0.1) is 18.5 Å². The highest BCUT2D eigenvalue weighted by molar-refractivity contribution is 7.80. The predicted octanol–water partition coefficient (Wildman–Crippen LogP) is 2.54. The van der Waals surface area contributed by atoms with Crippen molar-refractivity contribution in [1.29, 1.82) is 5.26 Å². The molecule has 0 rings (SSSR count). The third-order valence-corrected chi connectivity index (χ3v) is 6.08. The minimum Gasteiger partial charge on any atom is -0.152 e. The summed E-state index contributed by atoms with van der Waals surface area (Å²) in [6, 6.07) is 0. The lowest BCUT2D eigenvalue weighted by atomic mass is 10.9. The molecule has 1 nitrogen and oxygen atoms in total. The number of rotatable bonds is 3. The minimum atomic E-state index is -1.11. The normalized spacial score (nSPS) is 10.9. The van der Waals surface area contributed by atoms with Crippen LogP contribution in [0.1, 0.15) is 20.8 Å². The summed E-state index contributed by atoms with van der Waals surface area (Å²) in [4.78, 5) is 0.